The van der Waals surface area contributed by atoms with Crippen molar-refractivity contribution in [3.05, 3.63) is 65.2 Å². The normalized spacial score (nSPS) is 33.7. The average molecular weight is 547 g/mol. The van der Waals surface area contributed by atoms with E-state index < -0.39 is 11.9 Å². The van der Waals surface area contributed by atoms with E-state index in [0.717, 1.165) is 16.6 Å². The Kier molecular flexibility index (Phi) is 4.80. The van der Waals surface area contributed by atoms with E-state index in [0.29, 0.717) is 23.3 Å². The van der Waals surface area contributed by atoms with Crippen molar-refractivity contribution in [3.63, 3.8) is 0 Å². The van der Waals surface area contributed by atoms with Crippen LogP contribution in [0.3, 0.4) is 0 Å². The van der Waals surface area contributed by atoms with Gasteiger partial charge in [0.1, 0.15) is 5.75 Å². The molecule has 7 nitrogen and oxygen atoms in total. The minimum absolute atomic E-state index is 0.0882. The second kappa shape index (κ2) is 7.87. The third kappa shape index (κ3) is 3.23. The van der Waals surface area contributed by atoms with Crippen molar-refractivity contribution in [2.75, 3.05) is 16.3 Å². The van der Waals surface area contributed by atoms with Crippen LogP contribution in [0.1, 0.15) is 12.8 Å². The predicted molar refractivity (Wildman–Crippen MR) is 134 cm³/mol. The molecule has 0 radical (unpaired) electrons. The highest BCUT2D eigenvalue weighted by Crippen LogP contribution is 2.65. The van der Waals surface area contributed by atoms with Crippen LogP contribution in [0.5, 0.6) is 5.75 Å². The number of imide groups is 1. The molecule has 2 bridgehead atoms. The molecular weight excluding hydrogens is 524 g/mol. The number of rotatable bonds is 4. The predicted octanol–water partition coefficient (Wildman–Crippen LogP) is 3.97. The lowest BCUT2D eigenvalue weighted by Gasteiger charge is -2.37. The van der Waals surface area contributed by atoms with Gasteiger partial charge in [-0.05, 0) is 78.6 Å². The fraction of sp³-hybridized carbons (Fsp3) is 0.357. The lowest BCUT2D eigenvalue weighted by Crippen LogP contribution is -2.40. The molecule has 8 rings (SSSR count). The molecule has 36 heavy (non-hydrogen) atoms. The summed E-state index contributed by atoms with van der Waals surface area (Å²) in [4.78, 5) is 54.8. The molecule has 2 aromatic carbocycles. The summed E-state index contributed by atoms with van der Waals surface area (Å²) in [5, 5.41) is 0. The topological polar surface area (TPSA) is 84.0 Å². The minimum Gasteiger partial charge on any atom is -0.426 e. The SMILES string of the molecule is O=C(Oc1ccc(N2C(=O)[C@@H]3[C@H]4C=C[C@@H]([C@@H]5C[C@H]45)[C@H]3C2=O)cc1)[C@@H]1CC(=O)N(c2ccc(Br)cc2)C1. The summed E-state index contributed by atoms with van der Waals surface area (Å²) >= 11 is 3.38. The van der Waals surface area contributed by atoms with Gasteiger partial charge in [-0.2, -0.15) is 0 Å². The lowest BCUT2D eigenvalue weighted by molar-refractivity contribution is -0.139. The Labute approximate surface area is 216 Å². The maximum Gasteiger partial charge on any atom is 0.316 e. The van der Waals surface area contributed by atoms with Gasteiger partial charge in [0.2, 0.25) is 17.7 Å². The van der Waals surface area contributed by atoms with Gasteiger partial charge in [-0.1, -0.05) is 28.1 Å². The van der Waals surface area contributed by atoms with Gasteiger partial charge >= 0.3 is 5.97 Å². The van der Waals surface area contributed by atoms with Crippen molar-refractivity contribution in [2.45, 2.75) is 12.8 Å². The highest BCUT2D eigenvalue weighted by molar-refractivity contribution is 9.10. The first-order valence-corrected chi connectivity index (χ1v) is 13.1. The molecule has 4 fully saturated rings. The first kappa shape index (κ1) is 22.0. The maximum atomic E-state index is 13.3. The molecule has 2 aliphatic heterocycles. The van der Waals surface area contributed by atoms with Crippen molar-refractivity contribution in [1.82, 2.24) is 0 Å². The zero-order valence-corrected chi connectivity index (χ0v) is 20.8. The van der Waals surface area contributed by atoms with E-state index >= 15 is 0 Å². The fourth-order valence-corrected chi connectivity index (χ4v) is 7.07. The number of carbonyl (C=O) groups excluding carboxylic acids is 4. The van der Waals surface area contributed by atoms with Crippen molar-refractivity contribution < 1.29 is 23.9 Å². The third-order valence-corrected chi connectivity index (χ3v) is 9.10. The number of halogens is 1. The van der Waals surface area contributed by atoms with Crippen molar-refractivity contribution >= 4 is 51.0 Å². The quantitative estimate of drug-likeness (QED) is 0.251. The van der Waals surface area contributed by atoms with Crippen LogP contribution < -0.4 is 14.5 Å². The van der Waals surface area contributed by atoms with Crippen LogP contribution in [-0.2, 0) is 19.2 Å². The minimum atomic E-state index is -0.569. The Hall–Kier alpha value is -3.26. The van der Waals surface area contributed by atoms with Crippen molar-refractivity contribution in [1.29, 1.82) is 0 Å². The van der Waals surface area contributed by atoms with E-state index in [9.17, 15) is 19.2 Å². The molecule has 0 unspecified atom stereocenters. The van der Waals surface area contributed by atoms with E-state index in [-0.39, 0.29) is 54.4 Å². The average Bonchev–Trinajstić information content (AvgIpc) is 3.56. The number of benzene rings is 2. The number of anilines is 2. The van der Waals surface area contributed by atoms with Crippen LogP contribution in [0.15, 0.2) is 65.2 Å². The van der Waals surface area contributed by atoms with Crippen molar-refractivity contribution in [3.8, 4) is 5.75 Å². The van der Waals surface area contributed by atoms with E-state index in [4.69, 9.17) is 4.74 Å². The molecule has 182 valence electrons. The molecule has 2 saturated carbocycles. The van der Waals surface area contributed by atoms with Crippen LogP contribution in [0, 0.1) is 41.4 Å². The van der Waals surface area contributed by atoms with Gasteiger partial charge in [-0.25, -0.2) is 0 Å². The standard InChI is InChI=1S/C28H23BrN2O5/c29-15-1-3-16(4-2-15)30-13-14(11-23(30)32)28(35)36-18-7-5-17(6-8-18)31-26(33)24-19-9-10-20(22-12-21(19)22)25(24)27(31)34/h1-10,14,19-22,24-25H,11-13H2/t14-,19+,20+,21-,22+,24-,25-/m1/s1. The van der Waals surface area contributed by atoms with Gasteiger partial charge in [0.25, 0.3) is 0 Å². The molecule has 2 saturated heterocycles. The number of hydrogen-bond acceptors (Lipinski definition) is 5. The molecule has 7 atom stereocenters. The van der Waals surface area contributed by atoms with E-state index in [1.807, 2.05) is 24.3 Å². The smallest absolute Gasteiger partial charge is 0.316 e. The molecule has 4 aliphatic carbocycles. The Morgan fingerprint density at radius 2 is 1.42 bits per heavy atom. The Balaban J connectivity index is 1.03. The molecule has 3 amide bonds. The molecule has 8 heteroatoms. The molecule has 0 aromatic heterocycles. The number of amides is 3. The summed E-state index contributed by atoms with van der Waals surface area (Å²) in [5.41, 5.74) is 1.24. The molecule has 0 N–H and O–H groups in total. The number of ether oxygens (including phenoxy) is 1. The van der Waals surface area contributed by atoms with Crippen LogP contribution in [0.25, 0.3) is 0 Å². The summed E-state index contributed by atoms with van der Waals surface area (Å²) in [6.07, 6.45) is 5.53. The summed E-state index contributed by atoms with van der Waals surface area (Å²) in [7, 11) is 0. The zero-order chi connectivity index (χ0) is 24.7. The van der Waals surface area contributed by atoms with Crippen LogP contribution in [0.4, 0.5) is 11.4 Å². The first-order valence-electron chi connectivity index (χ1n) is 12.3. The summed E-state index contributed by atoms with van der Waals surface area (Å²) in [6.45, 7) is 0.259. The Bertz CT molecular complexity index is 1300. The molecule has 2 heterocycles. The van der Waals surface area contributed by atoms with Gasteiger partial charge in [0.15, 0.2) is 0 Å². The maximum absolute atomic E-state index is 13.3. The highest BCUT2D eigenvalue weighted by Gasteiger charge is 2.67. The molecule has 2 aromatic rings. The summed E-state index contributed by atoms with van der Waals surface area (Å²) < 4.78 is 6.47. The zero-order valence-electron chi connectivity index (χ0n) is 19.2. The lowest BCUT2D eigenvalue weighted by atomic mass is 9.63. The van der Waals surface area contributed by atoms with E-state index in [1.54, 1.807) is 29.2 Å². The Morgan fingerprint density at radius 1 is 0.833 bits per heavy atom. The van der Waals surface area contributed by atoms with Crippen molar-refractivity contribution in [2.24, 2.45) is 41.4 Å². The van der Waals surface area contributed by atoms with E-state index in [2.05, 4.69) is 28.1 Å². The van der Waals surface area contributed by atoms with Gasteiger partial charge in [-0.15, -0.1) is 0 Å². The van der Waals surface area contributed by atoms with E-state index in [1.165, 1.54) is 4.90 Å². The van der Waals surface area contributed by atoms with Gasteiger partial charge in [0, 0.05) is 23.1 Å². The van der Waals surface area contributed by atoms with Gasteiger partial charge < -0.3 is 9.64 Å². The number of nitrogens with zero attached hydrogens (tertiary/aromatic N) is 2. The number of esters is 1. The van der Waals surface area contributed by atoms with Crippen LogP contribution in [0.2, 0.25) is 0 Å². The van der Waals surface area contributed by atoms with Crippen LogP contribution in [-0.4, -0.2) is 30.2 Å². The molecule has 6 aliphatic rings. The molecule has 0 spiro atoms. The monoisotopic (exact) mass is 546 g/mol. The second-order valence-electron chi connectivity index (χ2n) is 10.5. The summed E-state index contributed by atoms with van der Waals surface area (Å²) in [5.74, 6) is -0.101. The third-order valence-electron chi connectivity index (χ3n) is 8.57. The van der Waals surface area contributed by atoms with Gasteiger partial charge in [-0.3, -0.25) is 24.1 Å². The van der Waals surface area contributed by atoms with Gasteiger partial charge in [0.05, 0.1) is 23.4 Å². The fourth-order valence-electron chi connectivity index (χ4n) is 6.81. The first-order chi connectivity index (χ1) is 17.4. The van der Waals surface area contributed by atoms with Crippen LogP contribution >= 0.6 is 15.9 Å². The second-order valence-corrected chi connectivity index (χ2v) is 11.4. The highest BCUT2D eigenvalue weighted by atomic mass is 79.9. The molecular formula is C28H23BrN2O5. The number of carbonyl (C=O) groups is 4. The number of allylic oxidation sites excluding steroid dienone is 2. The number of hydrogen-bond donors (Lipinski definition) is 0. The Morgan fingerprint density at radius 3 is 2.03 bits per heavy atom. The largest absolute Gasteiger partial charge is 0.426 e. The summed E-state index contributed by atoms with van der Waals surface area (Å²) in [6, 6.07) is 13.9.